The van der Waals surface area contributed by atoms with Gasteiger partial charge in [0.1, 0.15) is 0 Å². The number of hydrogen-bond acceptors (Lipinski definition) is 3. The zero-order chi connectivity index (χ0) is 19.3. The zero-order valence-corrected chi connectivity index (χ0v) is 16.8. The minimum Gasteiger partial charge on any atom is -0.345 e. The first-order valence-corrected chi connectivity index (χ1v) is 11.1. The molecule has 2 aliphatic rings. The Balaban J connectivity index is 1.44. The van der Waals surface area contributed by atoms with Crippen molar-refractivity contribution in [3.63, 3.8) is 0 Å². The van der Waals surface area contributed by atoms with Crippen molar-refractivity contribution in [3.05, 3.63) is 65.2 Å². The van der Waals surface area contributed by atoms with Crippen LogP contribution in [0.3, 0.4) is 0 Å². The molecule has 1 N–H and O–H groups in total. The van der Waals surface area contributed by atoms with Gasteiger partial charge in [0.15, 0.2) is 0 Å². The van der Waals surface area contributed by atoms with Crippen molar-refractivity contribution < 1.29 is 9.59 Å². The zero-order valence-electron chi connectivity index (χ0n) is 16.0. The van der Waals surface area contributed by atoms with Crippen LogP contribution < -0.4 is 5.32 Å². The molecule has 1 aliphatic carbocycles. The number of nitrogens with zero attached hydrogens (tertiary/aromatic N) is 1. The molecule has 28 heavy (non-hydrogen) atoms. The summed E-state index contributed by atoms with van der Waals surface area (Å²) in [5.74, 6) is 0.494. The number of rotatable bonds is 5. The van der Waals surface area contributed by atoms with E-state index in [-0.39, 0.29) is 17.9 Å². The van der Waals surface area contributed by atoms with Crippen LogP contribution in [0.4, 0.5) is 0 Å². The third-order valence-electron chi connectivity index (χ3n) is 5.62. The van der Waals surface area contributed by atoms with Gasteiger partial charge in [0.25, 0.3) is 5.91 Å². The van der Waals surface area contributed by atoms with Gasteiger partial charge in [-0.3, -0.25) is 9.59 Å². The average molecular weight is 395 g/mol. The third kappa shape index (κ3) is 4.25. The minimum atomic E-state index is -0.0570. The summed E-state index contributed by atoms with van der Waals surface area (Å²) >= 11 is 1.47. The molecule has 2 aromatic carbocycles. The number of fused-ring (bicyclic) bond motifs is 1. The number of carbonyl (C=O) groups is 2. The van der Waals surface area contributed by atoms with Crippen LogP contribution in [0.2, 0.25) is 0 Å². The number of hydrogen-bond donors (Lipinski definition) is 1. The largest absolute Gasteiger partial charge is 0.345 e. The van der Waals surface area contributed by atoms with Gasteiger partial charge in [0, 0.05) is 18.0 Å². The van der Waals surface area contributed by atoms with E-state index >= 15 is 0 Å². The summed E-state index contributed by atoms with van der Waals surface area (Å²) in [4.78, 5) is 28.2. The van der Waals surface area contributed by atoms with Crippen molar-refractivity contribution >= 4 is 23.6 Å². The van der Waals surface area contributed by atoms with Crippen LogP contribution >= 0.6 is 11.8 Å². The highest BCUT2D eigenvalue weighted by Crippen LogP contribution is 2.30. The highest BCUT2D eigenvalue weighted by molar-refractivity contribution is 8.00. The lowest BCUT2D eigenvalue weighted by Crippen LogP contribution is -2.31. The summed E-state index contributed by atoms with van der Waals surface area (Å²) in [7, 11) is 0. The first kappa shape index (κ1) is 19.1. The van der Waals surface area contributed by atoms with Crippen molar-refractivity contribution in [1.29, 1.82) is 0 Å². The molecular weight excluding hydrogens is 368 g/mol. The monoisotopic (exact) mass is 394 g/mol. The van der Waals surface area contributed by atoms with Crippen LogP contribution in [0.25, 0.3) is 0 Å². The Kier molecular flexibility index (Phi) is 6.01. The number of nitrogens with one attached hydrogen (secondary N) is 1. The first-order valence-electron chi connectivity index (χ1n) is 10.1. The fourth-order valence-corrected chi connectivity index (χ4v) is 5.07. The molecule has 2 amide bonds. The molecule has 0 radical (unpaired) electrons. The smallest absolute Gasteiger partial charge is 0.252 e. The Morgan fingerprint density at radius 3 is 2.61 bits per heavy atom. The maximum Gasteiger partial charge on any atom is 0.252 e. The molecule has 1 unspecified atom stereocenters. The SMILES string of the molecule is O=C(NC1CCCc2ccccc21)c1ccccc1SCC(=O)N1CCCC1. The van der Waals surface area contributed by atoms with E-state index in [2.05, 4.69) is 23.5 Å². The van der Waals surface area contributed by atoms with E-state index in [1.807, 2.05) is 35.2 Å². The molecule has 1 saturated heterocycles. The fraction of sp³-hybridized carbons (Fsp3) is 0.391. The number of aryl methyl sites for hydroxylation is 1. The Labute approximate surface area is 170 Å². The molecule has 1 atom stereocenters. The standard InChI is InChI=1S/C23H26N2O2S/c26-22(25-14-5-6-15-25)16-28-21-13-4-3-11-19(21)23(27)24-20-12-7-9-17-8-1-2-10-18(17)20/h1-4,8,10-11,13,20H,5-7,9,12,14-16H2,(H,24,27). The molecule has 2 aromatic rings. The fourth-order valence-electron chi connectivity index (χ4n) is 4.12. The van der Waals surface area contributed by atoms with E-state index in [9.17, 15) is 9.59 Å². The van der Waals surface area contributed by atoms with Crippen LogP contribution in [-0.2, 0) is 11.2 Å². The third-order valence-corrected chi connectivity index (χ3v) is 6.67. The summed E-state index contributed by atoms with van der Waals surface area (Å²) in [6, 6.07) is 16.0. The van der Waals surface area contributed by atoms with Gasteiger partial charge in [-0.05, 0) is 55.4 Å². The highest BCUT2D eigenvalue weighted by Gasteiger charge is 2.23. The van der Waals surface area contributed by atoms with Crippen LogP contribution in [-0.4, -0.2) is 35.6 Å². The minimum absolute atomic E-state index is 0.0570. The van der Waals surface area contributed by atoms with Crippen molar-refractivity contribution in [1.82, 2.24) is 10.2 Å². The summed E-state index contributed by atoms with van der Waals surface area (Å²) in [5, 5.41) is 3.23. The number of likely N-dealkylation sites (tertiary alicyclic amines) is 1. The molecule has 4 rings (SSSR count). The predicted octanol–water partition coefficient (Wildman–Crippen LogP) is 4.21. The summed E-state index contributed by atoms with van der Waals surface area (Å²) in [6.45, 7) is 1.73. The Bertz CT molecular complexity index is 861. The van der Waals surface area contributed by atoms with Crippen molar-refractivity contribution in [3.8, 4) is 0 Å². The van der Waals surface area contributed by atoms with Crippen molar-refractivity contribution in [2.24, 2.45) is 0 Å². The average Bonchev–Trinajstić information content (AvgIpc) is 3.27. The predicted molar refractivity (Wildman–Crippen MR) is 113 cm³/mol. The van der Waals surface area contributed by atoms with Crippen molar-refractivity contribution in [2.45, 2.75) is 43.0 Å². The molecule has 1 fully saturated rings. The molecule has 0 spiro atoms. The topological polar surface area (TPSA) is 49.4 Å². The lowest BCUT2D eigenvalue weighted by atomic mass is 9.87. The summed E-state index contributed by atoms with van der Waals surface area (Å²) < 4.78 is 0. The highest BCUT2D eigenvalue weighted by atomic mass is 32.2. The molecule has 0 bridgehead atoms. The lowest BCUT2D eigenvalue weighted by molar-refractivity contribution is -0.127. The summed E-state index contributed by atoms with van der Waals surface area (Å²) in [6.07, 6.45) is 5.32. The van der Waals surface area contributed by atoms with Crippen LogP contribution in [0.5, 0.6) is 0 Å². The quantitative estimate of drug-likeness (QED) is 0.773. The Morgan fingerprint density at radius 2 is 1.75 bits per heavy atom. The second kappa shape index (κ2) is 8.82. The molecule has 5 heteroatoms. The van der Waals surface area contributed by atoms with E-state index in [4.69, 9.17) is 0 Å². The molecule has 1 heterocycles. The van der Waals surface area contributed by atoms with E-state index in [1.54, 1.807) is 0 Å². The summed E-state index contributed by atoms with van der Waals surface area (Å²) in [5.41, 5.74) is 3.22. The second-order valence-corrected chi connectivity index (χ2v) is 8.51. The van der Waals surface area contributed by atoms with Gasteiger partial charge in [-0.1, -0.05) is 36.4 Å². The second-order valence-electron chi connectivity index (χ2n) is 7.49. The van der Waals surface area contributed by atoms with Crippen LogP contribution in [0.15, 0.2) is 53.4 Å². The number of benzene rings is 2. The van der Waals surface area contributed by atoms with E-state index in [1.165, 1.54) is 22.9 Å². The molecule has 0 aromatic heterocycles. The normalized spacial score (nSPS) is 18.6. The van der Waals surface area contributed by atoms with E-state index in [0.717, 1.165) is 50.1 Å². The number of carbonyl (C=O) groups excluding carboxylic acids is 2. The number of thioether (sulfide) groups is 1. The lowest BCUT2D eigenvalue weighted by Gasteiger charge is -2.26. The van der Waals surface area contributed by atoms with E-state index < -0.39 is 0 Å². The maximum atomic E-state index is 13.0. The molecule has 1 aliphatic heterocycles. The van der Waals surface area contributed by atoms with Gasteiger partial charge in [-0.2, -0.15) is 0 Å². The van der Waals surface area contributed by atoms with Gasteiger partial charge < -0.3 is 10.2 Å². The maximum absolute atomic E-state index is 13.0. The van der Waals surface area contributed by atoms with Gasteiger partial charge >= 0.3 is 0 Å². The first-order chi connectivity index (χ1) is 13.7. The van der Waals surface area contributed by atoms with E-state index in [0.29, 0.717) is 11.3 Å². The molecule has 146 valence electrons. The molecule has 4 nitrogen and oxygen atoms in total. The van der Waals surface area contributed by atoms with Gasteiger partial charge in [-0.15, -0.1) is 11.8 Å². The van der Waals surface area contributed by atoms with Crippen LogP contribution in [0, 0.1) is 0 Å². The van der Waals surface area contributed by atoms with Gasteiger partial charge in [0.2, 0.25) is 5.91 Å². The van der Waals surface area contributed by atoms with Crippen LogP contribution in [0.1, 0.15) is 53.2 Å². The Morgan fingerprint density at radius 1 is 1.00 bits per heavy atom. The molecular formula is C23H26N2O2S. The number of amides is 2. The van der Waals surface area contributed by atoms with Crippen molar-refractivity contribution in [2.75, 3.05) is 18.8 Å². The molecule has 0 saturated carbocycles. The van der Waals surface area contributed by atoms with Gasteiger partial charge in [0.05, 0.1) is 17.4 Å². The van der Waals surface area contributed by atoms with Gasteiger partial charge in [-0.25, -0.2) is 0 Å². The Hall–Kier alpha value is -2.27.